The maximum absolute atomic E-state index is 12.4. The number of carbonyl (C=O) groups excluding carboxylic acids is 2. The summed E-state index contributed by atoms with van der Waals surface area (Å²) < 4.78 is 5.34. The van der Waals surface area contributed by atoms with Crippen LogP contribution in [0.1, 0.15) is 70.6 Å². The molecule has 138 valence electrons. The highest BCUT2D eigenvalue weighted by Gasteiger charge is 2.51. The van der Waals surface area contributed by atoms with Gasteiger partial charge < -0.3 is 10.1 Å². The highest BCUT2D eigenvalue weighted by molar-refractivity contribution is 5.81. The molecule has 0 aliphatic heterocycles. The Morgan fingerprint density at radius 3 is 2.12 bits per heavy atom. The Balaban J connectivity index is 1.10. The molecule has 6 aliphatic carbocycles. The molecule has 6 bridgehead atoms. The number of carbonyl (C=O) groups is 2. The summed E-state index contributed by atoms with van der Waals surface area (Å²) in [5.74, 6) is 4.28. The quantitative estimate of drug-likeness (QED) is 0.777. The third kappa shape index (κ3) is 3.10. The molecule has 6 rings (SSSR count). The summed E-state index contributed by atoms with van der Waals surface area (Å²) in [5.41, 5.74) is 0.0167. The van der Waals surface area contributed by atoms with Crippen molar-refractivity contribution in [2.75, 3.05) is 6.61 Å². The fraction of sp³-hybridized carbons (Fsp3) is 0.905. The summed E-state index contributed by atoms with van der Waals surface area (Å²) in [4.78, 5) is 24.6. The van der Waals surface area contributed by atoms with Crippen molar-refractivity contribution in [3.63, 3.8) is 0 Å². The fourth-order valence-corrected chi connectivity index (χ4v) is 7.64. The van der Waals surface area contributed by atoms with Gasteiger partial charge in [0.1, 0.15) is 0 Å². The van der Waals surface area contributed by atoms with Crippen molar-refractivity contribution in [2.45, 2.75) is 76.2 Å². The normalized spacial score (nSPS) is 46.4. The van der Waals surface area contributed by atoms with E-state index in [4.69, 9.17) is 4.74 Å². The molecule has 6 saturated carbocycles. The molecule has 4 nitrogen and oxygen atoms in total. The molecule has 25 heavy (non-hydrogen) atoms. The molecule has 0 aromatic rings. The lowest BCUT2D eigenvalue weighted by atomic mass is 9.53. The first-order valence-corrected chi connectivity index (χ1v) is 10.5. The SMILES string of the molecule is O=C(COC(=O)CC1CC2CCC1C2)NC12CC3CC(CC(C3)C1)C2. The van der Waals surface area contributed by atoms with Crippen LogP contribution < -0.4 is 5.32 Å². The lowest BCUT2D eigenvalue weighted by Crippen LogP contribution is -2.60. The van der Waals surface area contributed by atoms with E-state index in [9.17, 15) is 9.59 Å². The van der Waals surface area contributed by atoms with Crippen LogP contribution in [0, 0.1) is 35.5 Å². The van der Waals surface area contributed by atoms with Gasteiger partial charge in [0.15, 0.2) is 6.61 Å². The lowest BCUT2D eigenvalue weighted by Gasteiger charge is -2.56. The summed E-state index contributed by atoms with van der Waals surface area (Å²) in [5, 5.41) is 3.28. The van der Waals surface area contributed by atoms with Crippen LogP contribution >= 0.6 is 0 Å². The van der Waals surface area contributed by atoms with Gasteiger partial charge in [-0.1, -0.05) is 6.42 Å². The van der Waals surface area contributed by atoms with Crippen LogP contribution in [0.5, 0.6) is 0 Å². The molecule has 3 atom stereocenters. The second-order valence-corrected chi connectivity index (χ2v) is 10.0. The van der Waals surface area contributed by atoms with E-state index in [1.165, 1.54) is 44.9 Å². The summed E-state index contributed by atoms with van der Waals surface area (Å²) in [6, 6.07) is 0. The Morgan fingerprint density at radius 1 is 0.880 bits per heavy atom. The first-order chi connectivity index (χ1) is 12.1. The zero-order chi connectivity index (χ0) is 17.0. The van der Waals surface area contributed by atoms with Crippen molar-refractivity contribution in [3.8, 4) is 0 Å². The largest absolute Gasteiger partial charge is 0.456 e. The molecule has 6 fully saturated rings. The third-order valence-corrected chi connectivity index (χ3v) is 8.12. The minimum Gasteiger partial charge on any atom is -0.456 e. The molecule has 6 aliphatic rings. The van der Waals surface area contributed by atoms with Crippen molar-refractivity contribution in [2.24, 2.45) is 35.5 Å². The number of esters is 1. The molecule has 4 heteroatoms. The summed E-state index contributed by atoms with van der Waals surface area (Å²) in [7, 11) is 0. The maximum atomic E-state index is 12.4. The molecule has 3 unspecified atom stereocenters. The second kappa shape index (κ2) is 5.99. The molecule has 0 aromatic carbocycles. The Bertz CT molecular complexity index is 536. The first-order valence-electron chi connectivity index (χ1n) is 10.5. The zero-order valence-corrected chi connectivity index (χ0v) is 15.2. The van der Waals surface area contributed by atoms with E-state index in [2.05, 4.69) is 5.32 Å². The molecule has 1 N–H and O–H groups in total. The van der Waals surface area contributed by atoms with Gasteiger partial charge in [0.05, 0.1) is 0 Å². The lowest BCUT2D eigenvalue weighted by molar-refractivity contribution is -0.151. The second-order valence-electron chi connectivity index (χ2n) is 10.0. The highest BCUT2D eigenvalue weighted by atomic mass is 16.5. The predicted octanol–water partition coefficient (Wildman–Crippen LogP) is 3.44. The van der Waals surface area contributed by atoms with Crippen LogP contribution in [-0.2, 0) is 14.3 Å². The number of rotatable bonds is 5. The van der Waals surface area contributed by atoms with Crippen LogP contribution in [0.4, 0.5) is 0 Å². The van der Waals surface area contributed by atoms with E-state index in [0.717, 1.165) is 48.9 Å². The van der Waals surface area contributed by atoms with E-state index >= 15 is 0 Å². The number of amides is 1. The van der Waals surface area contributed by atoms with Crippen molar-refractivity contribution < 1.29 is 14.3 Å². The smallest absolute Gasteiger partial charge is 0.306 e. The van der Waals surface area contributed by atoms with E-state index in [1.54, 1.807) is 0 Å². The van der Waals surface area contributed by atoms with Crippen LogP contribution in [0.25, 0.3) is 0 Å². The van der Waals surface area contributed by atoms with Gasteiger partial charge in [0, 0.05) is 12.0 Å². The molecule has 0 heterocycles. The van der Waals surface area contributed by atoms with Gasteiger partial charge in [-0.3, -0.25) is 9.59 Å². The first kappa shape index (κ1) is 16.1. The van der Waals surface area contributed by atoms with Crippen molar-refractivity contribution in [1.82, 2.24) is 5.32 Å². The van der Waals surface area contributed by atoms with Crippen LogP contribution in [0.15, 0.2) is 0 Å². The molecular weight excluding hydrogens is 314 g/mol. The van der Waals surface area contributed by atoms with E-state index in [1.807, 2.05) is 0 Å². The van der Waals surface area contributed by atoms with Crippen molar-refractivity contribution >= 4 is 11.9 Å². The number of nitrogens with one attached hydrogen (secondary N) is 1. The number of hydrogen-bond acceptors (Lipinski definition) is 3. The van der Waals surface area contributed by atoms with Gasteiger partial charge in [0.2, 0.25) is 0 Å². The summed E-state index contributed by atoms with van der Waals surface area (Å²) in [6.07, 6.45) is 13.2. The van der Waals surface area contributed by atoms with Crippen LogP contribution in [0.3, 0.4) is 0 Å². The van der Waals surface area contributed by atoms with Crippen molar-refractivity contribution in [1.29, 1.82) is 0 Å². The van der Waals surface area contributed by atoms with E-state index in [0.29, 0.717) is 12.3 Å². The molecular formula is C21H31NO3. The highest BCUT2D eigenvalue weighted by Crippen LogP contribution is 2.55. The molecule has 0 radical (unpaired) electrons. The number of fused-ring (bicyclic) bond motifs is 2. The topological polar surface area (TPSA) is 55.4 Å². The number of hydrogen-bond donors (Lipinski definition) is 1. The molecule has 0 aromatic heterocycles. The minimum atomic E-state index is -0.168. The van der Waals surface area contributed by atoms with Gasteiger partial charge >= 0.3 is 5.97 Å². The summed E-state index contributed by atoms with van der Waals surface area (Å²) in [6.45, 7) is -0.0819. The fourth-order valence-electron chi connectivity index (χ4n) is 7.64. The predicted molar refractivity (Wildman–Crippen MR) is 93.6 cm³/mol. The van der Waals surface area contributed by atoms with Crippen LogP contribution in [-0.4, -0.2) is 24.0 Å². The number of ether oxygens (including phenoxy) is 1. The van der Waals surface area contributed by atoms with Gasteiger partial charge in [-0.05, 0) is 93.3 Å². The molecule has 1 amide bonds. The average Bonchev–Trinajstić information content (AvgIpc) is 3.14. The average molecular weight is 345 g/mol. The minimum absolute atomic E-state index is 0.0167. The Kier molecular flexibility index (Phi) is 3.87. The third-order valence-electron chi connectivity index (χ3n) is 8.12. The van der Waals surface area contributed by atoms with Gasteiger partial charge in [-0.15, -0.1) is 0 Å². The van der Waals surface area contributed by atoms with Gasteiger partial charge in [-0.25, -0.2) is 0 Å². The van der Waals surface area contributed by atoms with Gasteiger partial charge in [0.25, 0.3) is 5.91 Å². The van der Waals surface area contributed by atoms with E-state index < -0.39 is 0 Å². The Morgan fingerprint density at radius 2 is 1.56 bits per heavy atom. The maximum Gasteiger partial charge on any atom is 0.306 e. The van der Waals surface area contributed by atoms with E-state index in [-0.39, 0.29) is 24.0 Å². The van der Waals surface area contributed by atoms with Crippen molar-refractivity contribution in [3.05, 3.63) is 0 Å². The zero-order valence-electron chi connectivity index (χ0n) is 15.2. The molecule has 0 saturated heterocycles. The molecule has 0 spiro atoms. The van der Waals surface area contributed by atoms with Gasteiger partial charge in [-0.2, -0.15) is 0 Å². The Hall–Kier alpha value is -1.06. The Labute approximate surface area is 150 Å². The standard InChI is InChI=1S/C21H31NO3/c23-19(12-25-20(24)8-18-7-13-1-2-17(18)6-13)22-21-9-14-3-15(10-21)5-16(4-14)11-21/h13-18H,1-12H2,(H,22,23). The summed E-state index contributed by atoms with van der Waals surface area (Å²) >= 11 is 0. The monoisotopic (exact) mass is 345 g/mol. The van der Waals surface area contributed by atoms with Crippen LogP contribution in [0.2, 0.25) is 0 Å².